The molecule has 1 atom stereocenters. The van der Waals surface area contributed by atoms with Gasteiger partial charge in [-0.2, -0.15) is 0 Å². The molecule has 116 valence electrons. The van der Waals surface area contributed by atoms with Crippen LogP contribution in [0.25, 0.3) is 10.4 Å². The molecule has 0 radical (unpaired) electrons. The maximum Gasteiger partial charge on any atom is 0.334 e. The highest BCUT2D eigenvalue weighted by atomic mass is 35.5. The van der Waals surface area contributed by atoms with E-state index in [1.54, 1.807) is 13.8 Å². The van der Waals surface area contributed by atoms with E-state index in [0.717, 1.165) is 0 Å². The van der Waals surface area contributed by atoms with Gasteiger partial charge in [-0.3, -0.25) is 9.36 Å². The molecule has 0 aliphatic carbocycles. The first-order chi connectivity index (χ1) is 9.51. The van der Waals surface area contributed by atoms with E-state index in [1.807, 2.05) is 0 Å². The number of carbonyl (C=O) groups excluding carboxylic acids is 1. The summed E-state index contributed by atoms with van der Waals surface area (Å²) in [4.78, 5) is 14.0. The fourth-order valence-corrected chi connectivity index (χ4v) is 3.28. The topological polar surface area (TPSA) is 111 Å². The third-order valence-corrected chi connectivity index (χ3v) is 4.37. The van der Waals surface area contributed by atoms with Gasteiger partial charge in [0.05, 0.1) is 32.3 Å². The summed E-state index contributed by atoms with van der Waals surface area (Å²) in [6.07, 6.45) is -1.02. The average Bonchev–Trinajstić information content (AvgIpc) is 2.36. The average molecular weight is 328 g/mol. The maximum atomic E-state index is 12.3. The molecule has 0 aliphatic heterocycles. The molecule has 20 heavy (non-hydrogen) atoms. The molecule has 0 fully saturated rings. The summed E-state index contributed by atoms with van der Waals surface area (Å²) < 4.78 is 27.6. The van der Waals surface area contributed by atoms with Crippen LogP contribution in [0.15, 0.2) is 5.11 Å². The number of nitrogens with zero attached hydrogens (tertiary/aromatic N) is 3. The molecular formula is C10H19ClN3O5P. The second-order valence-electron chi connectivity index (χ2n) is 3.59. The first kappa shape index (κ1) is 19.2. The Balaban J connectivity index is 4.78. The molecule has 0 N–H and O–H groups in total. The molecule has 0 saturated heterocycles. The van der Waals surface area contributed by atoms with Crippen molar-refractivity contribution in [1.29, 1.82) is 0 Å². The Morgan fingerprint density at radius 3 is 2.45 bits per heavy atom. The normalized spacial score (nSPS) is 12.6. The fraction of sp³-hybridized carbons (Fsp3) is 0.900. The van der Waals surface area contributed by atoms with E-state index in [0.29, 0.717) is 0 Å². The molecule has 0 aromatic rings. The van der Waals surface area contributed by atoms with Crippen LogP contribution in [0.2, 0.25) is 0 Å². The van der Waals surface area contributed by atoms with Crippen LogP contribution in [0.1, 0.15) is 20.3 Å². The summed E-state index contributed by atoms with van der Waals surface area (Å²) in [5.41, 5.74) is 8.32. The molecule has 0 rings (SSSR count). The quantitative estimate of drug-likeness (QED) is 0.144. The number of carbonyl (C=O) groups is 1. The molecule has 0 aromatic carbocycles. The number of azide groups is 1. The Morgan fingerprint density at radius 1 is 1.40 bits per heavy atom. The van der Waals surface area contributed by atoms with E-state index in [4.69, 9.17) is 30.9 Å². The highest BCUT2D eigenvalue weighted by molar-refractivity contribution is 7.53. The molecule has 0 spiro atoms. The summed E-state index contributed by atoms with van der Waals surface area (Å²) in [6.45, 7) is 3.60. The van der Waals surface area contributed by atoms with E-state index in [9.17, 15) is 9.36 Å². The molecule has 0 amide bonds. The van der Waals surface area contributed by atoms with Gasteiger partial charge in [-0.15, -0.1) is 11.6 Å². The number of rotatable bonds is 11. The van der Waals surface area contributed by atoms with Gasteiger partial charge >= 0.3 is 13.6 Å². The number of hydrogen-bond donors (Lipinski definition) is 0. The Kier molecular flexibility index (Phi) is 10.5. The summed E-state index contributed by atoms with van der Waals surface area (Å²) >= 11 is 5.43. The molecule has 0 heterocycles. The molecule has 1 unspecified atom stereocenters. The Labute approximate surface area is 122 Å². The Hall–Kier alpha value is -0.780. The lowest BCUT2D eigenvalue weighted by atomic mass is 10.4. The lowest BCUT2D eigenvalue weighted by Gasteiger charge is -2.22. The lowest BCUT2D eigenvalue weighted by molar-refractivity contribution is -0.147. The minimum atomic E-state index is -3.38. The Bertz CT molecular complexity index is 379. The van der Waals surface area contributed by atoms with Crippen molar-refractivity contribution in [3.63, 3.8) is 0 Å². The minimum Gasteiger partial charge on any atom is -0.462 e. The summed E-state index contributed by atoms with van der Waals surface area (Å²) in [6, 6.07) is 0. The minimum absolute atomic E-state index is 0.0158. The Morgan fingerprint density at radius 2 is 2.00 bits per heavy atom. The first-order valence-corrected chi connectivity index (χ1v) is 8.42. The van der Waals surface area contributed by atoms with E-state index < -0.39 is 19.7 Å². The van der Waals surface area contributed by atoms with Gasteiger partial charge in [-0.1, -0.05) is 5.11 Å². The zero-order valence-corrected chi connectivity index (χ0v) is 13.2. The summed E-state index contributed by atoms with van der Waals surface area (Å²) in [5.74, 6) is -0.445. The second kappa shape index (κ2) is 10.9. The van der Waals surface area contributed by atoms with Crippen molar-refractivity contribution in [2.45, 2.75) is 26.4 Å². The van der Waals surface area contributed by atoms with Gasteiger partial charge in [0.15, 0.2) is 0 Å². The predicted octanol–water partition coefficient (Wildman–Crippen LogP) is 3.10. The highest BCUT2D eigenvalue weighted by Crippen LogP contribution is 2.48. The van der Waals surface area contributed by atoms with Crippen LogP contribution in [0.3, 0.4) is 0 Å². The van der Waals surface area contributed by atoms with Gasteiger partial charge in [-0.25, -0.2) is 0 Å². The van der Waals surface area contributed by atoms with Crippen LogP contribution >= 0.6 is 19.2 Å². The fourth-order valence-electron chi connectivity index (χ4n) is 1.37. The van der Waals surface area contributed by atoms with E-state index >= 15 is 0 Å². The SMILES string of the molecule is CCOP(=O)(CC(CN=[N+]=[N-])OC(=O)CCCl)OCC. The molecule has 0 saturated carbocycles. The highest BCUT2D eigenvalue weighted by Gasteiger charge is 2.30. The number of esters is 1. The van der Waals surface area contributed by atoms with E-state index in [-0.39, 0.29) is 38.2 Å². The van der Waals surface area contributed by atoms with Crippen molar-refractivity contribution >= 4 is 25.2 Å². The van der Waals surface area contributed by atoms with Gasteiger partial charge in [0.2, 0.25) is 0 Å². The third kappa shape index (κ3) is 8.40. The standard InChI is InChI=1S/C10H19ClN3O5P/c1-3-17-20(16,18-4-2)8-9(7-13-14-12)19-10(15)5-6-11/h9H,3-8H2,1-2H3. The molecule has 8 nitrogen and oxygen atoms in total. The molecule has 0 aliphatic rings. The number of ether oxygens (including phenoxy) is 1. The van der Waals surface area contributed by atoms with Crippen LogP contribution in [0.5, 0.6) is 0 Å². The van der Waals surface area contributed by atoms with Crippen LogP contribution in [-0.2, 0) is 23.1 Å². The van der Waals surface area contributed by atoms with Gasteiger partial charge in [0.1, 0.15) is 6.10 Å². The number of halogens is 1. The first-order valence-electron chi connectivity index (χ1n) is 6.15. The summed E-state index contributed by atoms with van der Waals surface area (Å²) in [7, 11) is -3.38. The van der Waals surface area contributed by atoms with Gasteiger partial charge in [0.25, 0.3) is 0 Å². The van der Waals surface area contributed by atoms with Crippen molar-refractivity contribution < 1.29 is 23.1 Å². The van der Waals surface area contributed by atoms with E-state index in [1.165, 1.54) is 0 Å². The van der Waals surface area contributed by atoms with E-state index in [2.05, 4.69) is 10.0 Å². The summed E-state index contributed by atoms with van der Waals surface area (Å²) in [5, 5.41) is 3.33. The third-order valence-electron chi connectivity index (χ3n) is 2.02. The maximum absolute atomic E-state index is 12.3. The van der Waals surface area contributed by atoms with Crippen LogP contribution in [0.4, 0.5) is 0 Å². The van der Waals surface area contributed by atoms with Crippen molar-refractivity contribution in [2.75, 3.05) is 31.8 Å². The van der Waals surface area contributed by atoms with Crippen LogP contribution in [-0.4, -0.2) is 43.9 Å². The van der Waals surface area contributed by atoms with Gasteiger partial charge < -0.3 is 13.8 Å². The predicted molar refractivity (Wildman–Crippen MR) is 75.0 cm³/mol. The number of hydrogen-bond acceptors (Lipinski definition) is 6. The van der Waals surface area contributed by atoms with Crippen molar-refractivity contribution in [3.8, 4) is 0 Å². The second-order valence-corrected chi connectivity index (χ2v) is 6.07. The zero-order chi connectivity index (χ0) is 15.4. The van der Waals surface area contributed by atoms with Crippen molar-refractivity contribution in [3.05, 3.63) is 10.4 Å². The lowest BCUT2D eigenvalue weighted by Crippen LogP contribution is -2.26. The largest absolute Gasteiger partial charge is 0.462 e. The molecule has 0 aromatic heterocycles. The van der Waals surface area contributed by atoms with Crippen LogP contribution in [0, 0.1) is 0 Å². The van der Waals surface area contributed by atoms with Crippen molar-refractivity contribution in [1.82, 2.24) is 0 Å². The monoisotopic (exact) mass is 327 g/mol. The van der Waals surface area contributed by atoms with Crippen LogP contribution < -0.4 is 0 Å². The number of alkyl halides is 1. The molecule has 10 heteroatoms. The zero-order valence-electron chi connectivity index (χ0n) is 11.5. The van der Waals surface area contributed by atoms with Crippen molar-refractivity contribution in [2.24, 2.45) is 5.11 Å². The molecule has 0 bridgehead atoms. The van der Waals surface area contributed by atoms with Gasteiger partial charge in [-0.05, 0) is 19.4 Å². The van der Waals surface area contributed by atoms with Gasteiger partial charge in [0, 0.05) is 10.8 Å². The smallest absolute Gasteiger partial charge is 0.334 e. The molecular weight excluding hydrogens is 309 g/mol.